The molecule has 0 saturated heterocycles. The van der Waals surface area contributed by atoms with E-state index in [1.54, 1.807) is 12.1 Å². The fourth-order valence-electron chi connectivity index (χ4n) is 3.61. The first-order valence-electron chi connectivity index (χ1n) is 12.8. The van der Waals surface area contributed by atoms with Crippen LogP contribution in [0.25, 0.3) is 0 Å². The van der Waals surface area contributed by atoms with Crippen molar-refractivity contribution in [2.24, 2.45) is 5.92 Å². The molecular formula is C26H37ClN4O8S. The Morgan fingerprint density at radius 2 is 1.43 bits per heavy atom. The van der Waals surface area contributed by atoms with Crippen molar-refractivity contribution in [2.75, 3.05) is 12.3 Å². The molecule has 0 aromatic heterocycles. The highest BCUT2D eigenvalue weighted by molar-refractivity contribution is 7.80. The van der Waals surface area contributed by atoms with E-state index in [4.69, 9.17) is 21.8 Å². The van der Waals surface area contributed by atoms with E-state index in [9.17, 15) is 28.8 Å². The average Bonchev–Trinajstić information content (AvgIpc) is 2.88. The Bertz CT molecular complexity index is 1060. The Morgan fingerprint density at radius 3 is 2.00 bits per heavy atom. The number of hydrogen-bond donors (Lipinski definition) is 7. The van der Waals surface area contributed by atoms with Crippen molar-refractivity contribution in [3.63, 3.8) is 0 Å². The molecule has 0 saturated carbocycles. The largest absolute Gasteiger partial charge is 0.481 e. The molecule has 6 N–H and O–H groups in total. The highest BCUT2D eigenvalue weighted by Crippen LogP contribution is 2.15. The summed E-state index contributed by atoms with van der Waals surface area (Å²) in [5.74, 6) is -5.18. The Kier molecular flexibility index (Phi) is 15.7. The predicted octanol–water partition coefficient (Wildman–Crippen LogP) is 1.16. The van der Waals surface area contributed by atoms with Gasteiger partial charge in [-0.05, 0) is 36.8 Å². The summed E-state index contributed by atoms with van der Waals surface area (Å²) >= 11 is 10.3. The highest BCUT2D eigenvalue weighted by Gasteiger charge is 2.30. The van der Waals surface area contributed by atoms with Crippen molar-refractivity contribution in [2.45, 2.75) is 70.5 Å². The van der Waals surface area contributed by atoms with Crippen LogP contribution in [0.5, 0.6) is 0 Å². The number of carbonyl (C=O) groups is 6. The van der Waals surface area contributed by atoms with Crippen LogP contribution in [-0.4, -0.2) is 76.2 Å². The molecule has 1 rings (SSSR count). The second kappa shape index (κ2) is 18.1. The van der Waals surface area contributed by atoms with E-state index < -0.39 is 73.0 Å². The first kappa shape index (κ1) is 34.7. The van der Waals surface area contributed by atoms with E-state index in [1.807, 2.05) is 26.0 Å². The minimum Gasteiger partial charge on any atom is -0.481 e. The number of carboxylic acid groups (broad SMARTS) is 2. The maximum atomic E-state index is 13.1. The maximum absolute atomic E-state index is 13.1. The summed E-state index contributed by atoms with van der Waals surface area (Å²) in [6, 6.07) is 3.78. The van der Waals surface area contributed by atoms with Crippen LogP contribution in [-0.2, 0) is 35.2 Å². The second-order valence-corrected chi connectivity index (χ2v) is 10.3. The number of carbonyl (C=O) groups excluding carboxylic acids is 4. The smallest absolute Gasteiger partial charge is 0.303 e. The van der Waals surface area contributed by atoms with Crippen LogP contribution in [0.3, 0.4) is 0 Å². The first-order chi connectivity index (χ1) is 18.8. The summed E-state index contributed by atoms with van der Waals surface area (Å²) < 4.78 is 0. The van der Waals surface area contributed by atoms with E-state index in [0.717, 1.165) is 5.56 Å². The molecule has 0 spiro atoms. The molecule has 0 aliphatic carbocycles. The number of aliphatic carboxylic acids is 2. The van der Waals surface area contributed by atoms with Gasteiger partial charge in [0.05, 0.1) is 6.42 Å². The van der Waals surface area contributed by atoms with Crippen molar-refractivity contribution in [3.05, 3.63) is 34.9 Å². The third kappa shape index (κ3) is 13.7. The van der Waals surface area contributed by atoms with Gasteiger partial charge in [0, 0.05) is 30.2 Å². The molecule has 1 aromatic rings. The summed E-state index contributed by atoms with van der Waals surface area (Å²) in [6.07, 6.45) is -0.942. The molecule has 12 nitrogen and oxygen atoms in total. The van der Waals surface area contributed by atoms with Gasteiger partial charge in [0.2, 0.25) is 23.6 Å². The molecule has 222 valence electrons. The fourth-order valence-corrected chi connectivity index (χ4v) is 4.10. The van der Waals surface area contributed by atoms with Gasteiger partial charge < -0.3 is 31.5 Å². The van der Waals surface area contributed by atoms with E-state index in [0.29, 0.717) is 11.4 Å². The minimum absolute atomic E-state index is 0.0209. The second-order valence-electron chi connectivity index (χ2n) is 9.51. The molecule has 0 heterocycles. The molecule has 4 amide bonds. The number of rotatable bonds is 18. The molecule has 0 radical (unpaired) electrons. The van der Waals surface area contributed by atoms with E-state index in [-0.39, 0.29) is 31.1 Å². The normalized spacial score (nSPS) is 13.0. The number of halogens is 1. The van der Waals surface area contributed by atoms with Gasteiger partial charge in [0.15, 0.2) is 0 Å². The van der Waals surface area contributed by atoms with Crippen molar-refractivity contribution in [1.82, 2.24) is 21.3 Å². The maximum Gasteiger partial charge on any atom is 0.303 e. The van der Waals surface area contributed by atoms with Gasteiger partial charge in [0.1, 0.15) is 18.1 Å². The first-order valence-corrected chi connectivity index (χ1v) is 13.8. The number of amides is 4. The Labute approximate surface area is 243 Å². The monoisotopic (exact) mass is 600 g/mol. The molecule has 0 unspecified atom stereocenters. The van der Waals surface area contributed by atoms with Gasteiger partial charge in [0.25, 0.3) is 0 Å². The SMILES string of the molecule is CC(C)C[C@H](NC(=O)[C@H](CCC(=O)O)NC(=O)CCC(=O)O)C(=O)N[C@@H](CS)C(=O)NCCc1ccccc1Cl. The minimum atomic E-state index is -1.31. The Balaban J connectivity index is 2.87. The van der Waals surface area contributed by atoms with Gasteiger partial charge in [-0.3, -0.25) is 28.8 Å². The van der Waals surface area contributed by atoms with Gasteiger partial charge in [-0.15, -0.1) is 0 Å². The summed E-state index contributed by atoms with van der Waals surface area (Å²) in [5, 5.41) is 28.6. The molecule has 40 heavy (non-hydrogen) atoms. The number of thiol groups is 1. The third-order valence-corrected chi connectivity index (χ3v) is 6.41. The Morgan fingerprint density at radius 1 is 0.825 bits per heavy atom. The average molecular weight is 601 g/mol. The van der Waals surface area contributed by atoms with Crippen LogP contribution in [0.1, 0.15) is 51.5 Å². The number of benzene rings is 1. The summed E-state index contributed by atoms with van der Waals surface area (Å²) in [7, 11) is 0. The predicted molar refractivity (Wildman–Crippen MR) is 151 cm³/mol. The van der Waals surface area contributed by atoms with E-state index in [2.05, 4.69) is 33.9 Å². The molecular weight excluding hydrogens is 564 g/mol. The van der Waals surface area contributed by atoms with Crippen molar-refractivity contribution in [1.29, 1.82) is 0 Å². The number of nitrogens with one attached hydrogen (secondary N) is 4. The molecule has 14 heteroatoms. The topological polar surface area (TPSA) is 191 Å². The fraction of sp³-hybridized carbons (Fsp3) is 0.538. The quantitative estimate of drug-likeness (QED) is 0.122. The number of carboxylic acids is 2. The van der Waals surface area contributed by atoms with Crippen LogP contribution in [0, 0.1) is 5.92 Å². The van der Waals surface area contributed by atoms with E-state index in [1.165, 1.54) is 0 Å². The highest BCUT2D eigenvalue weighted by atomic mass is 35.5. The lowest BCUT2D eigenvalue weighted by Crippen LogP contribution is -2.57. The van der Waals surface area contributed by atoms with Gasteiger partial charge in [-0.1, -0.05) is 43.6 Å². The van der Waals surface area contributed by atoms with Gasteiger partial charge >= 0.3 is 11.9 Å². The standard InChI is InChI=1S/C26H37ClN4O8S/c1-15(2)13-19(30-25(38)18(7-9-22(33)34)29-21(32)8-10-23(35)36)26(39)31-20(14-40)24(37)28-12-11-16-5-3-4-6-17(16)27/h3-6,15,18-20,40H,7-14H2,1-2H3,(H,28,37)(H,29,32)(H,30,38)(H,31,39)(H,33,34)(H,35,36)/t18-,19-,20-/m0/s1. The lowest BCUT2D eigenvalue weighted by Gasteiger charge is -2.26. The molecule has 3 atom stereocenters. The zero-order valence-corrected chi connectivity index (χ0v) is 24.1. The summed E-state index contributed by atoms with van der Waals surface area (Å²) in [4.78, 5) is 72.7. The molecule has 0 fully saturated rings. The molecule has 0 aliphatic rings. The summed E-state index contributed by atoms with van der Waals surface area (Å²) in [6.45, 7) is 3.90. The zero-order valence-electron chi connectivity index (χ0n) is 22.4. The van der Waals surface area contributed by atoms with E-state index >= 15 is 0 Å². The Hall–Kier alpha value is -3.32. The van der Waals surface area contributed by atoms with Crippen LogP contribution >= 0.6 is 24.2 Å². The van der Waals surface area contributed by atoms with Crippen LogP contribution < -0.4 is 21.3 Å². The molecule has 1 aromatic carbocycles. The summed E-state index contributed by atoms with van der Waals surface area (Å²) in [5.41, 5.74) is 0.850. The molecule has 0 aliphatic heterocycles. The van der Waals surface area contributed by atoms with Gasteiger partial charge in [-0.2, -0.15) is 12.6 Å². The van der Waals surface area contributed by atoms with Crippen molar-refractivity contribution in [3.8, 4) is 0 Å². The van der Waals surface area contributed by atoms with Crippen molar-refractivity contribution >= 4 is 59.8 Å². The van der Waals surface area contributed by atoms with Crippen LogP contribution in [0.15, 0.2) is 24.3 Å². The lowest BCUT2D eigenvalue weighted by molar-refractivity contribution is -0.139. The molecule has 0 bridgehead atoms. The van der Waals surface area contributed by atoms with Crippen molar-refractivity contribution < 1.29 is 39.0 Å². The van der Waals surface area contributed by atoms with Gasteiger partial charge in [-0.25, -0.2) is 0 Å². The lowest BCUT2D eigenvalue weighted by atomic mass is 10.0. The number of hydrogen-bond acceptors (Lipinski definition) is 7. The van der Waals surface area contributed by atoms with Crippen LogP contribution in [0.2, 0.25) is 5.02 Å². The van der Waals surface area contributed by atoms with Crippen LogP contribution in [0.4, 0.5) is 0 Å². The third-order valence-electron chi connectivity index (χ3n) is 5.67. The zero-order chi connectivity index (χ0) is 30.2.